The molecule has 0 saturated carbocycles. The SMILES string of the molecule is CCCN(CCC)C(=O)OC(C)(C)C.Cc1cc2c(cc1O)N(C)C(=O)CCC2.Cc1cccc(F)c1. The molecular formula is C30H45FN2O4. The van der Waals surface area contributed by atoms with E-state index < -0.39 is 5.60 Å². The number of phenolic OH excluding ortho intramolecular Hbond substituents is 1. The number of hydrogen-bond acceptors (Lipinski definition) is 4. The van der Waals surface area contributed by atoms with Gasteiger partial charge in [-0.2, -0.15) is 0 Å². The van der Waals surface area contributed by atoms with Crippen molar-refractivity contribution in [2.75, 3.05) is 25.0 Å². The minimum Gasteiger partial charge on any atom is -0.508 e. The van der Waals surface area contributed by atoms with E-state index in [1.54, 1.807) is 29.0 Å². The van der Waals surface area contributed by atoms with Crippen molar-refractivity contribution in [2.24, 2.45) is 0 Å². The van der Waals surface area contributed by atoms with E-state index in [-0.39, 0.29) is 23.6 Å². The summed E-state index contributed by atoms with van der Waals surface area (Å²) in [6, 6.07) is 10.2. The molecule has 2 amide bonds. The van der Waals surface area contributed by atoms with Gasteiger partial charge in [-0.3, -0.25) is 4.79 Å². The number of benzene rings is 2. The van der Waals surface area contributed by atoms with Gasteiger partial charge in [-0.05, 0) is 89.1 Å². The predicted octanol–water partition coefficient (Wildman–Crippen LogP) is 7.18. The van der Waals surface area contributed by atoms with Gasteiger partial charge in [0.25, 0.3) is 0 Å². The van der Waals surface area contributed by atoms with E-state index in [4.69, 9.17) is 4.74 Å². The third-order valence-electron chi connectivity index (χ3n) is 5.59. The van der Waals surface area contributed by atoms with E-state index in [0.717, 1.165) is 61.2 Å². The number of aromatic hydroxyl groups is 1. The van der Waals surface area contributed by atoms with Gasteiger partial charge in [-0.25, -0.2) is 9.18 Å². The van der Waals surface area contributed by atoms with E-state index in [1.165, 1.54) is 12.1 Å². The quantitative estimate of drug-likeness (QED) is 0.467. The molecule has 2 aromatic carbocycles. The second kappa shape index (κ2) is 15.2. The van der Waals surface area contributed by atoms with Crippen molar-refractivity contribution >= 4 is 17.7 Å². The molecule has 1 N–H and O–H groups in total. The number of amides is 2. The fourth-order valence-electron chi connectivity index (χ4n) is 3.76. The minimum atomic E-state index is -0.392. The highest BCUT2D eigenvalue weighted by Gasteiger charge is 2.21. The van der Waals surface area contributed by atoms with Crippen LogP contribution in [0.3, 0.4) is 0 Å². The number of rotatable bonds is 4. The summed E-state index contributed by atoms with van der Waals surface area (Å²) >= 11 is 0. The van der Waals surface area contributed by atoms with Gasteiger partial charge in [-0.15, -0.1) is 0 Å². The van der Waals surface area contributed by atoms with E-state index >= 15 is 0 Å². The van der Waals surface area contributed by atoms with Gasteiger partial charge < -0.3 is 19.6 Å². The van der Waals surface area contributed by atoms with Gasteiger partial charge >= 0.3 is 6.09 Å². The van der Waals surface area contributed by atoms with Crippen molar-refractivity contribution in [3.05, 3.63) is 58.9 Å². The number of halogens is 1. The lowest BCUT2D eigenvalue weighted by atomic mass is 10.0. The average molecular weight is 517 g/mol. The first kappa shape index (κ1) is 31.9. The van der Waals surface area contributed by atoms with Crippen LogP contribution in [0.25, 0.3) is 0 Å². The molecule has 37 heavy (non-hydrogen) atoms. The van der Waals surface area contributed by atoms with Crippen LogP contribution in [0.1, 0.15) is 77.0 Å². The Bertz CT molecular complexity index is 994. The first-order chi connectivity index (χ1) is 17.3. The molecule has 0 radical (unpaired) electrons. The van der Waals surface area contributed by atoms with Gasteiger partial charge in [0.1, 0.15) is 17.2 Å². The fourth-order valence-corrected chi connectivity index (χ4v) is 3.76. The van der Waals surface area contributed by atoms with Gasteiger partial charge in [0.05, 0.1) is 5.69 Å². The van der Waals surface area contributed by atoms with E-state index in [1.807, 2.05) is 46.8 Å². The van der Waals surface area contributed by atoms with Crippen LogP contribution in [-0.4, -0.2) is 47.7 Å². The highest BCUT2D eigenvalue weighted by Crippen LogP contribution is 2.31. The fraction of sp³-hybridized carbons (Fsp3) is 0.533. The molecule has 0 spiro atoms. The molecule has 6 nitrogen and oxygen atoms in total. The minimum absolute atomic E-state index is 0.122. The maximum absolute atomic E-state index is 12.2. The van der Waals surface area contributed by atoms with Gasteiger partial charge in [0.2, 0.25) is 5.91 Å². The van der Waals surface area contributed by atoms with Crippen LogP contribution >= 0.6 is 0 Å². The third kappa shape index (κ3) is 11.7. The second-order valence-electron chi connectivity index (χ2n) is 10.3. The lowest BCUT2D eigenvalue weighted by Crippen LogP contribution is -2.37. The van der Waals surface area contributed by atoms with Crippen LogP contribution in [0.4, 0.5) is 14.9 Å². The summed E-state index contributed by atoms with van der Waals surface area (Å²) in [6.45, 7) is 15.1. The highest BCUT2D eigenvalue weighted by atomic mass is 19.1. The number of fused-ring (bicyclic) bond motifs is 1. The van der Waals surface area contributed by atoms with Crippen LogP contribution in [0.5, 0.6) is 5.75 Å². The summed E-state index contributed by atoms with van der Waals surface area (Å²) in [6.07, 6.45) is 4.14. The monoisotopic (exact) mass is 516 g/mol. The van der Waals surface area contributed by atoms with Crippen molar-refractivity contribution in [3.8, 4) is 5.75 Å². The van der Waals surface area contributed by atoms with Crippen LogP contribution in [-0.2, 0) is 16.0 Å². The van der Waals surface area contributed by atoms with Gasteiger partial charge in [0.15, 0.2) is 0 Å². The Balaban J connectivity index is 0.000000290. The van der Waals surface area contributed by atoms with Crippen LogP contribution < -0.4 is 4.90 Å². The van der Waals surface area contributed by atoms with Crippen molar-refractivity contribution < 1.29 is 23.8 Å². The Hall–Kier alpha value is -3.09. The summed E-state index contributed by atoms with van der Waals surface area (Å²) in [5.41, 5.74) is 3.44. The van der Waals surface area contributed by atoms with Crippen LogP contribution in [0, 0.1) is 19.7 Å². The highest BCUT2D eigenvalue weighted by molar-refractivity contribution is 5.94. The second-order valence-corrected chi connectivity index (χ2v) is 10.3. The molecule has 0 fully saturated rings. The number of nitrogens with zero attached hydrogens (tertiary/aromatic N) is 2. The standard InChI is InChI=1S/C12H15NO2.C11H23NO2.C7H7F/c1-8-6-9-4-3-5-12(15)13(2)10(9)7-11(8)14;1-6-8-12(9-7-2)10(13)14-11(3,4)5;1-6-3-2-4-7(8)5-6/h6-7,14H,3-5H2,1-2H3;6-9H2,1-5H3;2-5H,1H3. The molecule has 0 unspecified atom stereocenters. The maximum Gasteiger partial charge on any atom is 0.410 e. The molecule has 1 heterocycles. The Morgan fingerprint density at radius 1 is 1.08 bits per heavy atom. The first-order valence-corrected chi connectivity index (χ1v) is 13.1. The summed E-state index contributed by atoms with van der Waals surface area (Å²) in [7, 11) is 1.77. The summed E-state index contributed by atoms with van der Waals surface area (Å²) in [4.78, 5) is 26.7. The number of carbonyl (C=O) groups excluding carboxylic acids is 2. The van der Waals surface area contributed by atoms with Crippen molar-refractivity contribution in [3.63, 3.8) is 0 Å². The number of aryl methyl sites for hydroxylation is 3. The average Bonchev–Trinajstić information content (AvgIpc) is 2.92. The van der Waals surface area contributed by atoms with E-state index in [2.05, 4.69) is 13.8 Å². The van der Waals surface area contributed by atoms with E-state index in [9.17, 15) is 19.1 Å². The molecule has 0 aromatic heterocycles. The van der Waals surface area contributed by atoms with Crippen LogP contribution in [0.2, 0.25) is 0 Å². The number of hydrogen-bond donors (Lipinski definition) is 1. The zero-order valence-electron chi connectivity index (χ0n) is 23.9. The van der Waals surface area contributed by atoms with Gasteiger partial charge in [0, 0.05) is 32.6 Å². The Morgan fingerprint density at radius 2 is 1.70 bits per heavy atom. The molecule has 1 aliphatic rings. The molecule has 0 saturated heterocycles. The summed E-state index contributed by atoms with van der Waals surface area (Å²) in [5, 5.41) is 9.63. The largest absolute Gasteiger partial charge is 0.508 e. The lowest BCUT2D eigenvalue weighted by Gasteiger charge is -2.26. The number of phenols is 1. The molecular weight excluding hydrogens is 471 g/mol. The van der Waals surface area contributed by atoms with E-state index in [0.29, 0.717) is 6.42 Å². The molecule has 0 aliphatic carbocycles. The normalized spacial score (nSPS) is 12.8. The van der Waals surface area contributed by atoms with Gasteiger partial charge in [-0.1, -0.05) is 32.0 Å². The molecule has 206 valence electrons. The Kier molecular flexibility index (Phi) is 13.1. The zero-order valence-corrected chi connectivity index (χ0v) is 23.9. The molecule has 0 bridgehead atoms. The topological polar surface area (TPSA) is 70.1 Å². The van der Waals surface area contributed by atoms with Crippen molar-refractivity contribution in [2.45, 2.75) is 86.2 Å². The van der Waals surface area contributed by atoms with Crippen LogP contribution in [0.15, 0.2) is 36.4 Å². The lowest BCUT2D eigenvalue weighted by molar-refractivity contribution is -0.118. The summed E-state index contributed by atoms with van der Waals surface area (Å²) < 4.78 is 17.5. The first-order valence-electron chi connectivity index (χ1n) is 13.1. The van der Waals surface area contributed by atoms with Crippen molar-refractivity contribution in [1.29, 1.82) is 0 Å². The zero-order chi connectivity index (χ0) is 28.2. The molecule has 0 atom stereocenters. The predicted molar refractivity (Wildman–Crippen MR) is 149 cm³/mol. The molecule has 3 rings (SSSR count). The third-order valence-corrected chi connectivity index (χ3v) is 5.59. The maximum atomic E-state index is 12.2. The number of ether oxygens (including phenoxy) is 1. The molecule has 7 heteroatoms. The molecule has 1 aliphatic heterocycles. The Labute approximate surface area is 222 Å². The smallest absolute Gasteiger partial charge is 0.410 e. The number of carbonyl (C=O) groups is 2. The van der Waals surface area contributed by atoms with Crippen molar-refractivity contribution in [1.82, 2.24) is 4.90 Å². The summed E-state index contributed by atoms with van der Waals surface area (Å²) in [5.74, 6) is 0.220. The Morgan fingerprint density at radius 3 is 2.19 bits per heavy atom. The number of anilines is 1. The molecule has 2 aromatic rings.